The summed E-state index contributed by atoms with van der Waals surface area (Å²) in [5.41, 5.74) is 0. The maximum atomic E-state index is 5.22. The molecule has 0 aromatic rings. The van der Waals surface area contributed by atoms with E-state index in [1.165, 1.54) is 12.8 Å². The number of rotatable bonds is 5. The van der Waals surface area contributed by atoms with Crippen molar-refractivity contribution in [3.05, 3.63) is 0 Å². The van der Waals surface area contributed by atoms with E-state index < -0.39 is 0 Å². The van der Waals surface area contributed by atoms with Gasteiger partial charge in [-0.25, -0.2) is 0 Å². The van der Waals surface area contributed by atoms with Gasteiger partial charge in [-0.15, -0.1) is 0 Å². The maximum Gasteiger partial charge on any atom is 0.0967 e. The lowest BCUT2D eigenvalue weighted by atomic mass is 10.5. The SMILES string of the molecule is CCCOCNC1CC1. The first-order chi connectivity index (χ1) is 4.43. The summed E-state index contributed by atoms with van der Waals surface area (Å²) in [4.78, 5) is 0. The molecule has 0 atom stereocenters. The van der Waals surface area contributed by atoms with Crippen molar-refractivity contribution < 1.29 is 4.74 Å². The normalized spacial score (nSPS) is 18.3. The van der Waals surface area contributed by atoms with E-state index >= 15 is 0 Å². The first-order valence-corrected chi connectivity index (χ1v) is 3.74. The quantitative estimate of drug-likeness (QED) is 0.443. The van der Waals surface area contributed by atoms with Gasteiger partial charge in [0.25, 0.3) is 0 Å². The van der Waals surface area contributed by atoms with Crippen LogP contribution in [0, 0.1) is 0 Å². The van der Waals surface area contributed by atoms with Crippen molar-refractivity contribution in [3.63, 3.8) is 0 Å². The summed E-state index contributed by atoms with van der Waals surface area (Å²) in [6, 6.07) is 0.779. The van der Waals surface area contributed by atoms with Crippen LogP contribution in [0.1, 0.15) is 26.2 Å². The molecular formula is C7H15NO. The van der Waals surface area contributed by atoms with Gasteiger partial charge in [-0.2, -0.15) is 0 Å². The van der Waals surface area contributed by atoms with Gasteiger partial charge in [0.15, 0.2) is 0 Å². The summed E-state index contributed by atoms with van der Waals surface area (Å²) in [6.45, 7) is 3.76. The van der Waals surface area contributed by atoms with Gasteiger partial charge in [0.1, 0.15) is 0 Å². The molecule has 0 aromatic heterocycles. The van der Waals surface area contributed by atoms with E-state index in [0.717, 1.165) is 25.8 Å². The lowest BCUT2D eigenvalue weighted by Crippen LogP contribution is -2.20. The number of hydrogen-bond acceptors (Lipinski definition) is 2. The van der Waals surface area contributed by atoms with Crippen molar-refractivity contribution in [2.75, 3.05) is 13.3 Å². The Morgan fingerprint density at radius 1 is 1.56 bits per heavy atom. The molecule has 2 nitrogen and oxygen atoms in total. The molecule has 1 N–H and O–H groups in total. The van der Waals surface area contributed by atoms with E-state index in [1.807, 2.05) is 0 Å². The van der Waals surface area contributed by atoms with Crippen LogP contribution in [-0.2, 0) is 4.74 Å². The van der Waals surface area contributed by atoms with Crippen LogP contribution in [0.15, 0.2) is 0 Å². The Labute approximate surface area is 56.6 Å². The number of ether oxygens (including phenoxy) is 1. The highest BCUT2D eigenvalue weighted by molar-refractivity contribution is 4.79. The molecule has 0 aromatic carbocycles. The van der Waals surface area contributed by atoms with Gasteiger partial charge in [-0.1, -0.05) is 6.92 Å². The van der Waals surface area contributed by atoms with E-state index in [4.69, 9.17) is 4.74 Å². The van der Waals surface area contributed by atoms with Crippen LogP contribution in [0.2, 0.25) is 0 Å². The standard InChI is InChI=1S/C7H15NO/c1-2-5-9-6-8-7-3-4-7/h7-8H,2-6H2,1H3. The van der Waals surface area contributed by atoms with E-state index in [9.17, 15) is 0 Å². The summed E-state index contributed by atoms with van der Waals surface area (Å²) in [5, 5.41) is 3.27. The van der Waals surface area contributed by atoms with Crippen molar-refractivity contribution in [2.24, 2.45) is 0 Å². The molecule has 54 valence electrons. The second-order valence-corrected chi connectivity index (χ2v) is 2.53. The second-order valence-electron chi connectivity index (χ2n) is 2.53. The third kappa shape index (κ3) is 3.49. The first-order valence-electron chi connectivity index (χ1n) is 3.74. The molecule has 0 aliphatic heterocycles. The Balaban J connectivity index is 1.71. The highest BCUT2D eigenvalue weighted by atomic mass is 16.5. The Kier molecular flexibility index (Phi) is 3.01. The second kappa shape index (κ2) is 3.85. The molecule has 0 heterocycles. The Morgan fingerprint density at radius 2 is 2.33 bits per heavy atom. The molecule has 0 bridgehead atoms. The Hall–Kier alpha value is -0.0800. The van der Waals surface area contributed by atoms with Crippen LogP contribution in [0.5, 0.6) is 0 Å². The molecule has 1 rings (SSSR count). The zero-order valence-electron chi connectivity index (χ0n) is 6.02. The molecule has 0 spiro atoms. The van der Waals surface area contributed by atoms with Gasteiger partial charge in [0.05, 0.1) is 6.73 Å². The van der Waals surface area contributed by atoms with Crippen molar-refractivity contribution in [1.29, 1.82) is 0 Å². The molecule has 1 aliphatic carbocycles. The summed E-state index contributed by atoms with van der Waals surface area (Å²) in [5.74, 6) is 0. The van der Waals surface area contributed by atoms with Gasteiger partial charge in [0, 0.05) is 12.6 Å². The lowest BCUT2D eigenvalue weighted by molar-refractivity contribution is 0.116. The largest absolute Gasteiger partial charge is 0.366 e. The minimum Gasteiger partial charge on any atom is -0.366 e. The van der Waals surface area contributed by atoms with Crippen molar-refractivity contribution in [3.8, 4) is 0 Å². The Morgan fingerprint density at radius 3 is 2.89 bits per heavy atom. The summed E-state index contributed by atoms with van der Waals surface area (Å²) >= 11 is 0. The summed E-state index contributed by atoms with van der Waals surface area (Å²) in [7, 11) is 0. The van der Waals surface area contributed by atoms with Gasteiger partial charge >= 0.3 is 0 Å². The fraction of sp³-hybridized carbons (Fsp3) is 1.00. The van der Waals surface area contributed by atoms with E-state index in [0.29, 0.717) is 0 Å². The third-order valence-electron chi connectivity index (χ3n) is 1.40. The van der Waals surface area contributed by atoms with Crippen molar-refractivity contribution in [1.82, 2.24) is 5.32 Å². The molecule has 2 heteroatoms. The van der Waals surface area contributed by atoms with Crippen LogP contribution in [-0.4, -0.2) is 19.4 Å². The molecule has 0 unspecified atom stereocenters. The van der Waals surface area contributed by atoms with Crippen molar-refractivity contribution >= 4 is 0 Å². The lowest BCUT2D eigenvalue weighted by Gasteiger charge is -2.01. The van der Waals surface area contributed by atoms with E-state index in [-0.39, 0.29) is 0 Å². The molecule has 1 aliphatic rings. The van der Waals surface area contributed by atoms with Gasteiger partial charge in [0.2, 0.25) is 0 Å². The maximum absolute atomic E-state index is 5.22. The fourth-order valence-electron chi connectivity index (χ4n) is 0.681. The summed E-state index contributed by atoms with van der Waals surface area (Å²) in [6.07, 6.45) is 3.80. The van der Waals surface area contributed by atoms with E-state index in [2.05, 4.69) is 12.2 Å². The van der Waals surface area contributed by atoms with Crippen molar-refractivity contribution in [2.45, 2.75) is 32.2 Å². The monoisotopic (exact) mass is 129 g/mol. The molecule has 0 amide bonds. The van der Waals surface area contributed by atoms with Crippen LogP contribution < -0.4 is 5.32 Å². The van der Waals surface area contributed by atoms with Crippen LogP contribution in [0.3, 0.4) is 0 Å². The average molecular weight is 129 g/mol. The number of nitrogens with one attached hydrogen (secondary N) is 1. The van der Waals surface area contributed by atoms with Gasteiger partial charge in [-0.05, 0) is 19.3 Å². The fourth-order valence-corrected chi connectivity index (χ4v) is 0.681. The predicted octanol–water partition coefficient (Wildman–Crippen LogP) is 1.12. The smallest absolute Gasteiger partial charge is 0.0967 e. The minimum atomic E-state index is 0.749. The molecule has 9 heavy (non-hydrogen) atoms. The topological polar surface area (TPSA) is 21.3 Å². The number of hydrogen-bond donors (Lipinski definition) is 1. The highest BCUT2D eigenvalue weighted by Gasteiger charge is 2.19. The predicted molar refractivity (Wildman–Crippen MR) is 37.3 cm³/mol. The first kappa shape index (κ1) is 7.03. The van der Waals surface area contributed by atoms with Crippen LogP contribution in [0.4, 0.5) is 0 Å². The Bertz CT molecular complexity index is 71.3. The molecule has 0 radical (unpaired) electrons. The zero-order chi connectivity index (χ0) is 6.53. The third-order valence-corrected chi connectivity index (χ3v) is 1.40. The molecule has 0 saturated heterocycles. The minimum absolute atomic E-state index is 0.749. The van der Waals surface area contributed by atoms with Gasteiger partial charge < -0.3 is 4.74 Å². The molecule has 1 fully saturated rings. The average Bonchev–Trinajstić information content (AvgIpc) is 2.63. The van der Waals surface area contributed by atoms with Gasteiger partial charge in [-0.3, -0.25) is 5.32 Å². The zero-order valence-corrected chi connectivity index (χ0v) is 6.02. The summed E-state index contributed by atoms with van der Waals surface area (Å²) < 4.78 is 5.22. The molecule has 1 saturated carbocycles. The van der Waals surface area contributed by atoms with Crippen LogP contribution in [0.25, 0.3) is 0 Å². The molecular weight excluding hydrogens is 114 g/mol. The van der Waals surface area contributed by atoms with Crippen LogP contribution >= 0.6 is 0 Å². The highest BCUT2D eigenvalue weighted by Crippen LogP contribution is 2.17. The van der Waals surface area contributed by atoms with E-state index in [1.54, 1.807) is 0 Å².